The number of benzene rings is 1. The lowest BCUT2D eigenvalue weighted by Crippen LogP contribution is -1.98. The number of hydrogen-bond donors (Lipinski definition) is 0. The van der Waals surface area contributed by atoms with Crippen molar-refractivity contribution in [3.63, 3.8) is 0 Å². The van der Waals surface area contributed by atoms with E-state index in [1.807, 2.05) is 0 Å². The molecule has 0 fully saturated rings. The Labute approximate surface area is 92.4 Å². The van der Waals surface area contributed by atoms with E-state index in [-0.39, 0.29) is 0 Å². The molecule has 1 aromatic carbocycles. The highest BCUT2D eigenvalue weighted by Gasteiger charge is 2.11. The van der Waals surface area contributed by atoms with Crippen LogP contribution in [0, 0.1) is 12.3 Å². The van der Waals surface area contributed by atoms with Crippen molar-refractivity contribution in [1.29, 1.82) is 0 Å². The van der Waals surface area contributed by atoms with Gasteiger partial charge in [0.2, 0.25) is 0 Å². The Balaban J connectivity index is 3.28. The zero-order chi connectivity index (χ0) is 11.3. The quantitative estimate of drug-likeness (QED) is 0.333. The van der Waals surface area contributed by atoms with Gasteiger partial charge in [-0.1, -0.05) is 28.7 Å². The number of halogens is 1. The largest absolute Gasteiger partial charge is 0.364 e. The van der Waals surface area contributed by atoms with Gasteiger partial charge in [0.15, 0.2) is 0 Å². The van der Waals surface area contributed by atoms with Crippen molar-refractivity contribution in [2.24, 2.45) is 5.11 Å². The lowest BCUT2D eigenvalue weighted by Gasteiger charge is -2.11. The first kappa shape index (κ1) is 11.4. The molecule has 0 N–H and O–H groups in total. The van der Waals surface area contributed by atoms with Crippen molar-refractivity contribution >= 4 is 17.3 Å². The van der Waals surface area contributed by atoms with E-state index in [4.69, 9.17) is 28.3 Å². The molecule has 0 aliphatic rings. The molecule has 0 bridgehead atoms. The van der Waals surface area contributed by atoms with Gasteiger partial charge in [-0.3, -0.25) is 0 Å². The van der Waals surface area contributed by atoms with Gasteiger partial charge in [0, 0.05) is 28.3 Å². The topological polar surface area (TPSA) is 58.0 Å². The smallest absolute Gasteiger partial charge is 0.143 e. The van der Waals surface area contributed by atoms with Crippen LogP contribution in [0.5, 0.6) is 0 Å². The van der Waals surface area contributed by atoms with Gasteiger partial charge in [0.05, 0.1) is 0 Å². The van der Waals surface area contributed by atoms with Crippen molar-refractivity contribution in [3.8, 4) is 12.3 Å². The van der Waals surface area contributed by atoms with Crippen molar-refractivity contribution in [2.75, 3.05) is 7.11 Å². The SMILES string of the molecule is C#CC(OC)c1ccc(Cl)cc1N=[N+]=[N-]. The maximum atomic E-state index is 8.38. The van der Waals surface area contributed by atoms with Crippen LogP contribution in [-0.4, -0.2) is 7.11 Å². The van der Waals surface area contributed by atoms with Crippen LogP contribution in [-0.2, 0) is 4.74 Å². The minimum atomic E-state index is -0.539. The molecule has 4 nitrogen and oxygen atoms in total. The van der Waals surface area contributed by atoms with Gasteiger partial charge in [-0.25, -0.2) is 0 Å². The second kappa shape index (κ2) is 5.28. The maximum absolute atomic E-state index is 8.38. The minimum absolute atomic E-state index is 0.384. The molecule has 0 amide bonds. The van der Waals surface area contributed by atoms with Gasteiger partial charge < -0.3 is 4.74 Å². The average molecular weight is 222 g/mol. The van der Waals surface area contributed by atoms with Crippen LogP contribution < -0.4 is 0 Å². The van der Waals surface area contributed by atoms with Gasteiger partial charge in [0.1, 0.15) is 6.10 Å². The molecule has 1 aromatic rings. The zero-order valence-corrected chi connectivity index (χ0v) is 8.77. The second-order valence-corrected chi connectivity index (χ2v) is 3.11. The van der Waals surface area contributed by atoms with Crippen LogP contribution in [0.1, 0.15) is 11.7 Å². The van der Waals surface area contributed by atoms with Crippen LogP contribution >= 0.6 is 11.6 Å². The molecular weight excluding hydrogens is 214 g/mol. The van der Waals surface area contributed by atoms with Gasteiger partial charge in [-0.05, 0) is 17.7 Å². The Morgan fingerprint density at radius 1 is 1.67 bits per heavy atom. The first-order valence-electron chi connectivity index (χ1n) is 4.06. The Kier molecular flexibility index (Phi) is 4.02. The lowest BCUT2D eigenvalue weighted by molar-refractivity contribution is 0.151. The molecule has 1 rings (SSSR count). The normalized spacial score (nSPS) is 11.3. The maximum Gasteiger partial charge on any atom is 0.143 e. The van der Waals surface area contributed by atoms with Crippen molar-refractivity contribution in [3.05, 3.63) is 39.2 Å². The second-order valence-electron chi connectivity index (χ2n) is 2.67. The third-order valence-corrected chi connectivity index (χ3v) is 2.05. The lowest BCUT2D eigenvalue weighted by atomic mass is 10.1. The molecule has 0 saturated heterocycles. The van der Waals surface area contributed by atoms with Crippen molar-refractivity contribution in [1.82, 2.24) is 0 Å². The molecule has 76 valence electrons. The summed E-state index contributed by atoms with van der Waals surface area (Å²) in [5.74, 6) is 2.44. The fraction of sp³-hybridized carbons (Fsp3) is 0.200. The Hall–Kier alpha value is -1.66. The average Bonchev–Trinajstić information content (AvgIpc) is 2.23. The Bertz CT molecular complexity index is 446. The molecule has 1 atom stereocenters. The molecule has 0 aliphatic carbocycles. The van der Waals surface area contributed by atoms with E-state index in [2.05, 4.69) is 15.9 Å². The highest BCUT2D eigenvalue weighted by atomic mass is 35.5. The minimum Gasteiger partial charge on any atom is -0.364 e. The number of methoxy groups -OCH3 is 1. The molecule has 0 saturated carbocycles. The zero-order valence-electron chi connectivity index (χ0n) is 8.01. The van der Waals surface area contributed by atoms with Crippen LogP contribution in [0.2, 0.25) is 5.02 Å². The molecular formula is C10H8ClN3O. The molecule has 0 heterocycles. The summed E-state index contributed by atoms with van der Waals surface area (Å²) >= 11 is 5.77. The van der Waals surface area contributed by atoms with Gasteiger partial charge in [0.25, 0.3) is 0 Å². The summed E-state index contributed by atoms with van der Waals surface area (Å²) in [6, 6.07) is 4.89. The van der Waals surface area contributed by atoms with E-state index >= 15 is 0 Å². The highest BCUT2D eigenvalue weighted by Crippen LogP contribution is 2.30. The fourth-order valence-electron chi connectivity index (χ4n) is 1.16. The molecule has 0 spiro atoms. The van der Waals surface area contributed by atoms with E-state index in [1.165, 1.54) is 7.11 Å². The number of hydrogen-bond acceptors (Lipinski definition) is 2. The predicted octanol–water partition coefficient (Wildman–Crippen LogP) is 3.60. The summed E-state index contributed by atoms with van der Waals surface area (Å²) in [5, 5.41) is 3.98. The van der Waals surface area contributed by atoms with E-state index in [0.29, 0.717) is 16.3 Å². The first-order valence-corrected chi connectivity index (χ1v) is 4.44. The molecule has 0 aliphatic heterocycles. The van der Waals surface area contributed by atoms with E-state index in [0.717, 1.165) is 0 Å². The number of terminal acetylenes is 1. The standard InChI is InChI=1S/C10H8ClN3O/c1-3-10(15-2)8-5-4-7(11)6-9(8)13-14-12/h1,4-6,10H,2H3. The van der Waals surface area contributed by atoms with Crippen molar-refractivity contribution in [2.45, 2.75) is 6.10 Å². The van der Waals surface area contributed by atoms with Gasteiger partial charge in [-0.2, -0.15) is 0 Å². The van der Waals surface area contributed by atoms with Crippen LogP contribution in [0.4, 0.5) is 5.69 Å². The monoisotopic (exact) mass is 221 g/mol. The van der Waals surface area contributed by atoms with Crippen LogP contribution in [0.3, 0.4) is 0 Å². The molecule has 0 radical (unpaired) electrons. The summed E-state index contributed by atoms with van der Waals surface area (Å²) in [6.45, 7) is 0. The summed E-state index contributed by atoms with van der Waals surface area (Å²) in [5.41, 5.74) is 9.40. The predicted molar refractivity (Wildman–Crippen MR) is 58.8 cm³/mol. The Morgan fingerprint density at radius 3 is 2.93 bits per heavy atom. The number of ether oxygens (including phenoxy) is 1. The van der Waals surface area contributed by atoms with E-state index in [1.54, 1.807) is 18.2 Å². The fourth-order valence-corrected chi connectivity index (χ4v) is 1.32. The van der Waals surface area contributed by atoms with Crippen molar-refractivity contribution < 1.29 is 4.74 Å². The highest BCUT2D eigenvalue weighted by molar-refractivity contribution is 6.30. The number of rotatable bonds is 3. The number of nitrogens with zero attached hydrogens (tertiary/aromatic N) is 3. The number of azide groups is 1. The summed E-state index contributed by atoms with van der Waals surface area (Å²) in [4.78, 5) is 2.70. The Morgan fingerprint density at radius 2 is 2.40 bits per heavy atom. The third kappa shape index (κ3) is 2.64. The molecule has 1 unspecified atom stereocenters. The van der Waals surface area contributed by atoms with E-state index in [9.17, 15) is 0 Å². The molecule has 0 aromatic heterocycles. The van der Waals surface area contributed by atoms with Crippen LogP contribution in [0.25, 0.3) is 10.4 Å². The summed E-state index contributed by atoms with van der Waals surface area (Å²) < 4.78 is 5.05. The first-order chi connectivity index (χ1) is 7.22. The third-order valence-electron chi connectivity index (χ3n) is 1.81. The molecule has 15 heavy (non-hydrogen) atoms. The van der Waals surface area contributed by atoms with Gasteiger partial charge in [-0.15, -0.1) is 6.42 Å². The van der Waals surface area contributed by atoms with Crippen LogP contribution in [0.15, 0.2) is 23.3 Å². The summed E-state index contributed by atoms with van der Waals surface area (Å²) in [7, 11) is 1.49. The molecule has 5 heteroatoms. The van der Waals surface area contributed by atoms with Gasteiger partial charge >= 0.3 is 0 Å². The van der Waals surface area contributed by atoms with E-state index < -0.39 is 6.10 Å². The summed E-state index contributed by atoms with van der Waals surface area (Å²) in [6.07, 6.45) is 4.74.